The average Bonchev–Trinajstić information content (AvgIpc) is 3.24. The van der Waals surface area contributed by atoms with Gasteiger partial charge in [-0.2, -0.15) is 0 Å². The standard InChI is InChI=1S/C21H24N2O2S/c1-15-10-16(2)21(17(3)11-15)22-20(24)14-23(12-18-6-4-8-25-18)13-19-7-5-9-26-19/h4-11H,12-14H2,1-3H3,(H,22,24)/p+1. The monoisotopic (exact) mass is 369 g/mol. The number of furan rings is 1. The molecule has 3 aromatic rings. The van der Waals surface area contributed by atoms with E-state index < -0.39 is 0 Å². The summed E-state index contributed by atoms with van der Waals surface area (Å²) in [4.78, 5) is 15.1. The fourth-order valence-electron chi connectivity index (χ4n) is 3.29. The van der Waals surface area contributed by atoms with Crippen LogP contribution in [-0.4, -0.2) is 12.5 Å². The quantitative estimate of drug-likeness (QED) is 0.670. The lowest BCUT2D eigenvalue weighted by Gasteiger charge is -2.19. The van der Waals surface area contributed by atoms with Crippen molar-refractivity contribution in [1.29, 1.82) is 0 Å². The Kier molecular flexibility index (Phi) is 5.91. The lowest BCUT2D eigenvalue weighted by Crippen LogP contribution is -3.10. The summed E-state index contributed by atoms with van der Waals surface area (Å²) in [5.41, 5.74) is 4.33. The number of nitrogens with one attached hydrogen (secondary N) is 2. The van der Waals surface area contributed by atoms with Crippen LogP contribution in [0.4, 0.5) is 5.69 Å². The minimum absolute atomic E-state index is 0.0261. The number of carbonyl (C=O) groups excluding carboxylic acids is 1. The summed E-state index contributed by atoms with van der Waals surface area (Å²) < 4.78 is 5.49. The Balaban J connectivity index is 1.70. The fraction of sp³-hybridized carbons (Fsp3) is 0.286. The van der Waals surface area contributed by atoms with Gasteiger partial charge in [-0.3, -0.25) is 4.79 Å². The van der Waals surface area contributed by atoms with Gasteiger partial charge in [0, 0.05) is 5.69 Å². The summed E-state index contributed by atoms with van der Waals surface area (Å²) in [5, 5.41) is 5.18. The second-order valence-electron chi connectivity index (χ2n) is 6.76. The van der Waals surface area contributed by atoms with Gasteiger partial charge in [0.2, 0.25) is 0 Å². The van der Waals surface area contributed by atoms with Crippen LogP contribution in [0.25, 0.3) is 0 Å². The third-order valence-corrected chi connectivity index (χ3v) is 5.24. The van der Waals surface area contributed by atoms with Crippen LogP contribution in [0, 0.1) is 20.8 Å². The molecule has 0 aliphatic carbocycles. The van der Waals surface area contributed by atoms with Crippen LogP contribution in [0.3, 0.4) is 0 Å². The molecule has 0 aliphatic rings. The van der Waals surface area contributed by atoms with Gasteiger partial charge >= 0.3 is 0 Å². The van der Waals surface area contributed by atoms with Gasteiger partial charge in [-0.1, -0.05) is 23.8 Å². The number of hydrogen-bond acceptors (Lipinski definition) is 3. The molecule has 0 radical (unpaired) electrons. The highest BCUT2D eigenvalue weighted by Gasteiger charge is 2.18. The number of anilines is 1. The smallest absolute Gasteiger partial charge is 0.279 e. The maximum Gasteiger partial charge on any atom is 0.279 e. The largest absolute Gasteiger partial charge is 0.463 e. The summed E-state index contributed by atoms with van der Waals surface area (Å²) in [7, 11) is 0. The number of aryl methyl sites for hydroxylation is 3. The first kappa shape index (κ1) is 18.4. The maximum absolute atomic E-state index is 12.7. The Bertz CT molecular complexity index is 795. The van der Waals surface area contributed by atoms with E-state index in [0.717, 1.165) is 34.0 Å². The van der Waals surface area contributed by atoms with Gasteiger partial charge in [0.15, 0.2) is 12.3 Å². The van der Waals surface area contributed by atoms with Crippen LogP contribution in [0.1, 0.15) is 27.3 Å². The van der Waals surface area contributed by atoms with Crippen LogP contribution >= 0.6 is 11.3 Å². The Hall–Kier alpha value is -2.37. The molecule has 0 fully saturated rings. The molecule has 2 heterocycles. The van der Waals surface area contributed by atoms with E-state index in [-0.39, 0.29) is 5.91 Å². The van der Waals surface area contributed by atoms with Gasteiger partial charge in [-0.25, -0.2) is 0 Å². The van der Waals surface area contributed by atoms with Gasteiger partial charge < -0.3 is 14.6 Å². The van der Waals surface area contributed by atoms with E-state index in [1.807, 2.05) is 32.0 Å². The third-order valence-electron chi connectivity index (χ3n) is 4.36. The molecule has 5 heteroatoms. The molecule has 0 saturated carbocycles. The highest BCUT2D eigenvalue weighted by Crippen LogP contribution is 2.21. The lowest BCUT2D eigenvalue weighted by molar-refractivity contribution is -0.920. The second kappa shape index (κ2) is 8.34. The van der Waals surface area contributed by atoms with E-state index >= 15 is 0 Å². The van der Waals surface area contributed by atoms with Gasteiger partial charge in [-0.15, -0.1) is 11.3 Å². The van der Waals surface area contributed by atoms with Crippen molar-refractivity contribution in [2.24, 2.45) is 0 Å². The van der Waals surface area contributed by atoms with Gasteiger partial charge in [-0.05, 0) is 55.5 Å². The molecule has 2 N–H and O–H groups in total. The number of amides is 1. The van der Waals surface area contributed by atoms with Crippen molar-refractivity contribution >= 4 is 22.9 Å². The first-order valence-electron chi connectivity index (χ1n) is 8.77. The molecule has 1 atom stereocenters. The van der Waals surface area contributed by atoms with Crippen LogP contribution in [0.5, 0.6) is 0 Å². The van der Waals surface area contributed by atoms with E-state index in [0.29, 0.717) is 13.1 Å². The van der Waals surface area contributed by atoms with E-state index in [1.165, 1.54) is 10.4 Å². The number of quaternary nitrogens is 1. The van der Waals surface area contributed by atoms with Crippen LogP contribution in [0.2, 0.25) is 0 Å². The van der Waals surface area contributed by atoms with E-state index in [9.17, 15) is 4.79 Å². The number of hydrogen-bond donors (Lipinski definition) is 2. The SMILES string of the molecule is Cc1cc(C)c(NC(=O)C[NH+](Cc2ccco2)Cc2cccs2)c(C)c1. The maximum atomic E-state index is 12.7. The van der Waals surface area contributed by atoms with Crippen LogP contribution < -0.4 is 10.2 Å². The second-order valence-corrected chi connectivity index (χ2v) is 7.79. The van der Waals surface area contributed by atoms with Gasteiger partial charge in [0.25, 0.3) is 5.91 Å². The summed E-state index contributed by atoms with van der Waals surface area (Å²) in [5.74, 6) is 0.921. The normalized spacial score (nSPS) is 12.1. The molecule has 26 heavy (non-hydrogen) atoms. The van der Waals surface area contributed by atoms with Gasteiger partial charge in [0.05, 0.1) is 11.1 Å². The van der Waals surface area contributed by atoms with Crippen molar-refractivity contribution in [2.75, 3.05) is 11.9 Å². The predicted octanol–water partition coefficient (Wildman–Crippen LogP) is 3.49. The van der Waals surface area contributed by atoms with Gasteiger partial charge in [0.1, 0.15) is 13.1 Å². The van der Waals surface area contributed by atoms with Crippen molar-refractivity contribution in [1.82, 2.24) is 0 Å². The van der Waals surface area contributed by atoms with Crippen molar-refractivity contribution < 1.29 is 14.1 Å². The van der Waals surface area contributed by atoms with E-state index in [4.69, 9.17) is 4.42 Å². The zero-order valence-corrected chi connectivity index (χ0v) is 16.3. The summed E-state index contributed by atoms with van der Waals surface area (Å²) >= 11 is 1.72. The Morgan fingerprint density at radius 3 is 2.50 bits per heavy atom. The van der Waals surface area contributed by atoms with Crippen LogP contribution in [-0.2, 0) is 17.9 Å². The summed E-state index contributed by atoms with van der Waals surface area (Å²) in [6.45, 7) is 8.03. The zero-order valence-electron chi connectivity index (χ0n) is 15.5. The van der Waals surface area contributed by atoms with Crippen molar-refractivity contribution in [3.8, 4) is 0 Å². The minimum atomic E-state index is 0.0261. The van der Waals surface area contributed by atoms with Crippen molar-refractivity contribution in [3.63, 3.8) is 0 Å². The topological polar surface area (TPSA) is 46.7 Å². The molecule has 136 valence electrons. The number of thiophene rings is 1. The molecular formula is C21H25N2O2S+. The molecule has 0 saturated heterocycles. The third kappa shape index (κ3) is 4.84. The molecule has 1 unspecified atom stereocenters. The number of benzene rings is 1. The lowest BCUT2D eigenvalue weighted by atomic mass is 10.1. The molecular weight excluding hydrogens is 344 g/mol. The van der Waals surface area contributed by atoms with Crippen molar-refractivity contribution in [3.05, 3.63) is 75.4 Å². The molecule has 0 spiro atoms. The Morgan fingerprint density at radius 2 is 1.88 bits per heavy atom. The molecule has 1 aromatic carbocycles. The highest BCUT2D eigenvalue weighted by molar-refractivity contribution is 7.09. The number of carbonyl (C=O) groups is 1. The minimum Gasteiger partial charge on any atom is -0.463 e. The van der Waals surface area contributed by atoms with E-state index in [2.05, 4.69) is 35.8 Å². The molecule has 0 aliphatic heterocycles. The molecule has 1 amide bonds. The summed E-state index contributed by atoms with van der Waals surface area (Å²) in [6.07, 6.45) is 1.68. The first-order chi connectivity index (χ1) is 12.5. The van der Waals surface area contributed by atoms with Crippen molar-refractivity contribution in [2.45, 2.75) is 33.9 Å². The molecule has 4 nitrogen and oxygen atoms in total. The fourth-order valence-corrected chi connectivity index (χ4v) is 4.07. The number of rotatable bonds is 7. The zero-order chi connectivity index (χ0) is 18.5. The highest BCUT2D eigenvalue weighted by atomic mass is 32.1. The Morgan fingerprint density at radius 1 is 1.12 bits per heavy atom. The molecule has 2 aromatic heterocycles. The van der Waals surface area contributed by atoms with E-state index in [1.54, 1.807) is 17.6 Å². The average molecular weight is 370 g/mol. The molecule has 0 bridgehead atoms. The van der Waals surface area contributed by atoms with Crippen LogP contribution in [0.15, 0.2) is 52.5 Å². The summed E-state index contributed by atoms with van der Waals surface area (Å²) in [6, 6.07) is 12.2. The predicted molar refractivity (Wildman–Crippen MR) is 106 cm³/mol. The first-order valence-corrected chi connectivity index (χ1v) is 9.65. The molecule has 3 rings (SSSR count). The Labute approximate surface area is 158 Å².